The number of para-hydroxylation sites is 1. The Kier molecular flexibility index (Phi) is 4.26. The Hall–Kier alpha value is -3.00. The SMILES string of the molecule is C=C1Nc2nnnn2C(c2ccc(Br)cc2)C1C(=O)Nc1ccccc1. The van der Waals surface area contributed by atoms with E-state index < -0.39 is 12.0 Å². The van der Waals surface area contributed by atoms with Crippen LogP contribution >= 0.6 is 15.9 Å². The lowest BCUT2D eigenvalue weighted by atomic mass is 9.88. The average molecular weight is 411 g/mol. The molecule has 7 nitrogen and oxygen atoms in total. The van der Waals surface area contributed by atoms with Crippen molar-refractivity contribution < 1.29 is 4.79 Å². The summed E-state index contributed by atoms with van der Waals surface area (Å²) >= 11 is 3.44. The molecule has 2 N–H and O–H groups in total. The van der Waals surface area contributed by atoms with Crippen LogP contribution in [-0.4, -0.2) is 26.1 Å². The molecule has 0 saturated carbocycles. The molecule has 4 rings (SSSR count). The molecule has 0 radical (unpaired) electrons. The minimum atomic E-state index is -0.576. The lowest BCUT2D eigenvalue weighted by Gasteiger charge is -2.33. The number of amides is 1. The molecule has 8 heteroatoms. The first-order valence-corrected chi connectivity index (χ1v) is 8.78. The molecule has 1 aromatic heterocycles. The number of aromatic nitrogens is 4. The van der Waals surface area contributed by atoms with Crippen LogP contribution < -0.4 is 10.6 Å². The number of hydrogen-bond donors (Lipinski definition) is 2. The van der Waals surface area contributed by atoms with Crippen molar-refractivity contribution in [2.45, 2.75) is 6.04 Å². The number of fused-ring (bicyclic) bond motifs is 1. The molecule has 2 atom stereocenters. The summed E-state index contributed by atoms with van der Waals surface area (Å²) in [6, 6.07) is 16.7. The minimum absolute atomic E-state index is 0.178. The zero-order chi connectivity index (χ0) is 18.1. The smallest absolute Gasteiger partial charge is 0.247 e. The number of carbonyl (C=O) groups is 1. The van der Waals surface area contributed by atoms with E-state index in [-0.39, 0.29) is 5.91 Å². The van der Waals surface area contributed by atoms with Gasteiger partial charge in [-0.25, -0.2) is 4.68 Å². The number of hydrogen-bond acceptors (Lipinski definition) is 5. The van der Waals surface area contributed by atoms with Crippen molar-refractivity contribution in [2.24, 2.45) is 5.92 Å². The van der Waals surface area contributed by atoms with Gasteiger partial charge in [0.25, 0.3) is 0 Å². The zero-order valence-electron chi connectivity index (χ0n) is 13.6. The third-order valence-corrected chi connectivity index (χ3v) is 4.78. The Morgan fingerprint density at radius 2 is 1.88 bits per heavy atom. The second kappa shape index (κ2) is 6.72. The summed E-state index contributed by atoms with van der Waals surface area (Å²) in [5.74, 6) is -0.290. The van der Waals surface area contributed by atoms with E-state index in [0.29, 0.717) is 11.6 Å². The van der Waals surface area contributed by atoms with Gasteiger partial charge in [-0.15, -0.1) is 0 Å². The lowest BCUT2D eigenvalue weighted by Crippen LogP contribution is -2.39. The molecule has 1 amide bonds. The van der Waals surface area contributed by atoms with Gasteiger partial charge in [0.15, 0.2) is 0 Å². The van der Waals surface area contributed by atoms with Crippen LogP contribution in [0.2, 0.25) is 0 Å². The minimum Gasteiger partial charge on any atom is -0.326 e. The molecule has 3 aromatic rings. The van der Waals surface area contributed by atoms with Gasteiger partial charge in [-0.05, 0) is 40.3 Å². The van der Waals surface area contributed by atoms with E-state index in [9.17, 15) is 4.79 Å². The van der Waals surface area contributed by atoms with E-state index in [4.69, 9.17) is 0 Å². The van der Waals surface area contributed by atoms with Crippen LogP contribution in [0.1, 0.15) is 11.6 Å². The molecule has 0 saturated heterocycles. The van der Waals surface area contributed by atoms with Crippen molar-refractivity contribution in [1.82, 2.24) is 20.2 Å². The first kappa shape index (κ1) is 16.5. The molecule has 130 valence electrons. The van der Waals surface area contributed by atoms with Gasteiger partial charge in [0.2, 0.25) is 11.9 Å². The van der Waals surface area contributed by atoms with E-state index in [1.807, 2.05) is 54.6 Å². The van der Waals surface area contributed by atoms with Gasteiger partial charge in [0.05, 0.1) is 6.04 Å². The summed E-state index contributed by atoms with van der Waals surface area (Å²) in [7, 11) is 0. The highest BCUT2D eigenvalue weighted by Crippen LogP contribution is 2.37. The predicted molar refractivity (Wildman–Crippen MR) is 101 cm³/mol. The monoisotopic (exact) mass is 410 g/mol. The summed E-state index contributed by atoms with van der Waals surface area (Å²) in [4.78, 5) is 13.1. The van der Waals surface area contributed by atoms with Gasteiger partial charge in [-0.2, -0.15) is 0 Å². The number of nitrogens with zero attached hydrogens (tertiary/aromatic N) is 4. The Balaban J connectivity index is 1.74. The normalized spacial score (nSPS) is 18.7. The fourth-order valence-electron chi connectivity index (χ4n) is 3.05. The second-order valence-corrected chi connectivity index (χ2v) is 6.84. The van der Waals surface area contributed by atoms with Gasteiger partial charge in [-0.3, -0.25) is 4.79 Å². The van der Waals surface area contributed by atoms with Crippen LogP contribution in [-0.2, 0) is 4.79 Å². The van der Waals surface area contributed by atoms with Crippen LogP contribution in [0.5, 0.6) is 0 Å². The third-order valence-electron chi connectivity index (χ3n) is 4.26. The highest BCUT2D eigenvalue weighted by Gasteiger charge is 2.40. The highest BCUT2D eigenvalue weighted by atomic mass is 79.9. The quantitative estimate of drug-likeness (QED) is 0.692. The van der Waals surface area contributed by atoms with Crippen LogP contribution in [0, 0.1) is 5.92 Å². The van der Waals surface area contributed by atoms with Gasteiger partial charge in [-0.1, -0.05) is 57.9 Å². The molecule has 0 aliphatic carbocycles. The van der Waals surface area contributed by atoms with E-state index in [1.165, 1.54) is 0 Å². The standard InChI is InChI=1S/C18H15BrN6O/c1-11-15(17(26)21-14-5-3-2-4-6-14)16(12-7-9-13(19)10-8-12)25-18(20-11)22-23-24-25/h2-10,15-16H,1H2,(H,21,26)(H,20,22,24). The van der Waals surface area contributed by atoms with Crippen molar-refractivity contribution in [3.8, 4) is 0 Å². The maximum Gasteiger partial charge on any atom is 0.247 e. The average Bonchev–Trinajstić information content (AvgIpc) is 3.10. The molecule has 0 spiro atoms. The molecule has 0 fully saturated rings. The fourth-order valence-corrected chi connectivity index (χ4v) is 3.32. The van der Waals surface area contributed by atoms with E-state index in [1.54, 1.807) is 4.68 Å². The van der Waals surface area contributed by atoms with Gasteiger partial charge in [0, 0.05) is 15.9 Å². The first-order valence-electron chi connectivity index (χ1n) is 7.98. The summed E-state index contributed by atoms with van der Waals surface area (Å²) in [6.07, 6.45) is 0. The Labute approximate surface area is 158 Å². The Morgan fingerprint density at radius 3 is 2.62 bits per heavy atom. The number of tetrazole rings is 1. The van der Waals surface area contributed by atoms with Crippen molar-refractivity contribution in [3.63, 3.8) is 0 Å². The van der Waals surface area contributed by atoms with Crippen molar-refractivity contribution in [3.05, 3.63) is 76.9 Å². The largest absolute Gasteiger partial charge is 0.326 e. The van der Waals surface area contributed by atoms with Crippen LogP contribution in [0.4, 0.5) is 11.6 Å². The lowest BCUT2D eigenvalue weighted by molar-refractivity contribution is -0.119. The topological polar surface area (TPSA) is 84.7 Å². The zero-order valence-corrected chi connectivity index (χ0v) is 15.2. The molecule has 2 heterocycles. The van der Waals surface area contributed by atoms with Crippen molar-refractivity contribution in [2.75, 3.05) is 10.6 Å². The van der Waals surface area contributed by atoms with Crippen LogP contribution in [0.25, 0.3) is 0 Å². The van der Waals surface area contributed by atoms with Gasteiger partial charge >= 0.3 is 0 Å². The summed E-state index contributed by atoms with van der Waals surface area (Å²) < 4.78 is 2.57. The van der Waals surface area contributed by atoms with Crippen molar-refractivity contribution >= 4 is 33.5 Å². The van der Waals surface area contributed by atoms with E-state index >= 15 is 0 Å². The molecule has 2 aromatic carbocycles. The van der Waals surface area contributed by atoms with Gasteiger partial charge < -0.3 is 10.6 Å². The summed E-state index contributed by atoms with van der Waals surface area (Å²) in [6.45, 7) is 4.04. The molecular weight excluding hydrogens is 396 g/mol. The van der Waals surface area contributed by atoms with Gasteiger partial charge in [0.1, 0.15) is 5.92 Å². The Morgan fingerprint density at radius 1 is 1.15 bits per heavy atom. The first-order chi connectivity index (χ1) is 12.6. The predicted octanol–water partition coefficient (Wildman–Crippen LogP) is 3.22. The Bertz CT molecular complexity index is 953. The number of benzene rings is 2. The molecule has 0 bridgehead atoms. The number of carbonyl (C=O) groups excluding carboxylic acids is 1. The summed E-state index contributed by atoms with van der Waals surface area (Å²) in [5.41, 5.74) is 2.19. The van der Waals surface area contributed by atoms with Crippen LogP contribution in [0.3, 0.4) is 0 Å². The van der Waals surface area contributed by atoms with E-state index in [0.717, 1.165) is 15.7 Å². The van der Waals surface area contributed by atoms with E-state index in [2.05, 4.69) is 48.7 Å². The number of nitrogens with one attached hydrogen (secondary N) is 2. The maximum atomic E-state index is 13.1. The number of rotatable bonds is 3. The fraction of sp³-hybridized carbons (Fsp3) is 0.111. The van der Waals surface area contributed by atoms with Crippen molar-refractivity contribution in [1.29, 1.82) is 0 Å². The van der Waals surface area contributed by atoms with Crippen LogP contribution in [0.15, 0.2) is 71.3 Å². The maximum absolute atomic E-state index is 13.1. The second-order valence-electron chi connectivity index (χ2n) is 5.93. The molecule has 2 unspecified atom stereocenters. The molecule has 1 aliphatic heterocycles. The number of halogens is 1. The number of anilines is 2. The highest BCUT2D eigenvalue weighted by molar-refractivity contribution is 9.10. The molecule has 26 heavy (non-hydrogen) atoms. The summed E-state index contributed by atoms with van der Waals surface area (Å²) in [5, 5.41) is 17.7. The molecule has 1 aliphatic rings. The molecular formula is C18H15BrN6O. The third kappa shape index (κ3) is 2.99.